The Bertz CT molecular complexity index is 1810. The van der Waals surface area contributed by atoms with Crippen LogP contribution in [0.1, 0.15) is 5.56 Å². The molecule has 0 fully saturated rings. The van der Waals surface area contributed by atoms with E-state index >= 15 is 0 Å². The number of rotatable bonds is 6. The number of para-hydroxylation sites is 1. The Morgan fingerprint density at radius 3 is 2.78 bits per heavy atom. The Morgan fingerprint density at radius 1 is 1.19 bits per heavy atom. The SMILES string of the molecule is COc1cc(C=Nn2c(-c3cc4cc(Cl)ccc4o3)nc3ccccc3c2=O)c(Br)c(Br)c1OCC#N. The van der Waals surface area contributed by atoms with E-state index in [1.165, 1.54) is 18.0 Å². The molecule has 0 bridgehead atoms. The van der Waals surface area contributed by atoms with Crippen molar-refractivity contribution in [2.24, 2.45) is 5.10 Å². The van der Waals surface area contributed by atoms with Gasteiger partial charge in [-0.2, -0.15) is 15.0 Å². The van der Waals surface area contributed by atoms with Gasteiger partial charge in [-0.3, -0.25) is 4.79 Å². The molecule has 0 aliphatic rings. The van der Waals surface area contributed by atoms with Gasteiger partial charge in [0.1, 0.15) is 11.7 Å². The van der Waals surface area contributed by atoms with Crippen LogP contribution in [0.2, 0.25) is 5.02 Å². The maximum atomic E-state index is 13.5. The topological polar surface area (TPSA) is 103 Å². The van der Waals surface area contributed by atoms with E-state index in [9.17, 15) is 4.79 Å². The number of nitriles is 1. The molecule has 5 aromatic rings. The lowest BCUT2D eigenvalue weighted by Gasteiger charge is -2.13. The summed E-state index contributed by atoms with van der Waals surface area (Å²) in [7, 11) is 1.49. The first kappa shape index (κ1) is 25.0. The van der Waals surface area contributed by atoms with Crippen LogP contribution < -0.4 is 15.0 Å². The molecule has 5 rings (SSSR count). The van der Waals surface area contributed by atoms with Crippen molar-refractivity contribution in [3.05, 3.63) is 84.5 Å². The molecule has 0 radical (unpaired) electrons. The van der Waals surface area contributed by atoms with Crippen LogP contribution in [-0.2, 0) is 0 Å². The van der Waals surface area contributed by atoms with Gasteiger partial charge in [-0.25, -0.2) is 4.98 Å². The third-order valence-corrected chi connectivity index (χ3v) is 7.80. The number of fused-ring (bicyclic) bond motifs is 2. The summed E-state index contributed by atoms with van der Waals surface area (Å²) in [4.78, 5) is 18.2. The Morgan fingerprint density at radius 2 is 2.00 bits per heavy atom. The first-order chi connectivity index (χ1) is 17.9. The maximum absolute atomic E-state index is 13.5. The molecule has 184 valence electrons. The number of benzene rings is 3. The van der Waals surface area contributed by atoms with E-state index in [0.29, 0.717) is 53.3 Å². The van der Waals surface area contributed by atoms with Crippen LogP contribution in [-0.4, -0.2) is 29.6 Å². The summed E-state index contributed by atoms with van der Waals surface area (Å²) >= 11 is 13.1. The zero-order chi connectivity index (χ0) is 26.1. The highest BCUT2D eigenvalue weighted by molar-refractivity contribution is 9.13. The monoisotopic (exact) mass is 640 g/mol. The lowest BCUT2D eigenvalue weighted by molar-refractivity contribution is 0.327. The van der Waals surface area contributed by atoms with Gasteiger partial charge in [0.2, 0.25) is 5.82 Å². The standard InChI is InChI=1S/C26H15Br2ClN4O4/c1-35-20-12-15(22(27)23(28)24(20)36-9-8-30)13-31-33-25(32-18-5-3-2-4-17(18)26(33)34)21-11-14-10-16(29)6-7-19(14)37-21/h2-7,10-13H,9H2,1H3. The molecule has 0 aliphatic carbocycles. The first-order valence-electron chi connectivity index (χ1n) is 10.7. The molecule has 0 aliphatic heterocycles. The van der Waals surface area contributed by atoms with E-state index in [1.807, 2.05) is 6.07 Å². The fourth-order valence-corrected chi connectivity index (χ4v) is 4.84. The van der Waals surface area contributed by atoms with Gasteiger partial charge < -0.3 is 13.9 Å². The second-order valence-electron chi connectivity index (χ2n) is 7.68. The van der Waals surface area contributed by atoms with Gasteiger partial charge >= 0.3 is 0 Å². The average molecular weight is 643 g/mol. The van der Waals surface area contributed by atoms with Crippen molar-refractivity contribution in [3.8, 4) is 29.2 Å². The second-order valence-corrected chi connectivity index (χ2v) is 9.70. The molecule has 2 heterocycles. The Labute approximate surface area is 231 Å². The molecule has 0 saturated carbocycles. The van der Waals surface area contributed by atoms with Crippen LogP contribution in [0, 0.1) is 11.3 Å². The molecule has 0 saturated heterocycles. The normalized spacial score (nSPS) is 11.3. The summed E-state index contributed by atoms with van der Waals surface area (Å²) in [6.45, 7) is -0.154. The van der Waals surface area contributed by atoms with E-state index in [2.05, 4.69) is 41.9 Å². The number of hydrogen-bond donors (Lipinski definition) is 0. The van der Waals surface area contributed by atoms with Gasteiger partial charge in [0, 0.05) is 20.4 Å². The minimum Gasteiger partial charge on any atom is -0.493 e. The molecule has 8 nitrogen and oxygen atoms in total. The summed E-state index contributed by atoms with van der Waals surface area (Å²) in [6, 6.07) is 17.6. The van der Waals surface area contributed by atoms with Crippen molar-refractivity contribution >= 4 is 71.5 Å². The summed E-state index contributed by atoms with van der Waals surface area (Å²) in [5, 5.41) is 15.1. The van der Waals surface area contributed by atoms with Crippen molar-refractivity contribution in [2.45, 2.75) is 0 Å². The molecule has 37 heavy (non-hydrogen) atoms. The second kappa shape index (κ2) is 10.4. The molecule has 0 spiro atoms. The minimum absolute atomic E-state index is 0.154. The van der Waals surface area contributed by atoms with Gasteiger partial charge in [0.25, 0.3) is 5.56 Å². The quantitative estimate of drug-likeness (QED) is 0.189. The number of hydrogen-bond acceptors (Lipinski definition) is 7. The molecule has 3 aromatic carbocycles. The van der Waals surface area contributed by atoms with Crippen LogP contribution in [0.25, 0.3) is 33.5 Å². The predicted molar refractivity (Wildman–Crippen MR) is 149 cm³/mol. The summed E-state index contributed by atoms with van der Waals surface area (Å²) in [5.41, 5.74) is 1.32. The molecular weight excluding hydrogens is 628 g/mol. The van der Waals surface area contributed by atoms with Gasteiger partial charge in [-0.05, 0) is 74.3 Å². The highest BCUT2D eigenvalue weighted by Crippen LogP contribution is 2.42. The summed E-state index contributed by atoms with van der Waals surface area (Å²) in [5.74, 6) is 1.32. The largest absolute Gasteiger partial charge is 0.493 e. The predicted octanol–water partition coefficient (Wildman–Crippen LogP) is 6.78. The molecule has 0 unspecified atom stereocenters. The van der Waals surface area contributed by atoms with Crippen LogP contribution >= 0.6 is 43.5 Å². The molecule has 0 N–H and O–H groups in total. The number of halogens is 3. The number of aromatic nitrogens is 2. The van der Waals surface area contributed by atoms with Gasteiger partial charge in [0.15, 0.2) is 23.9 Å². The zero-order valence-electron chi connectivity index (χ0n) is 19.0. The Balaban J connectivity index is 1.69. The van der Waals surface area contributed by atoms with Crippen molar-refractivity contribution < 1.29 is 13.9 Å². The van der Waals surface area contributed by atoms with Crippen LogP contribution in [0.3, 0.4) is 0 Å². The average Bonchev–Trinajstić information content (AvgIpc) is 3.32. The highest BCUT2D eigenvalue weighted by atomic mass is 79.9. The van der Waals surface area contributed by atoms with E-state index in [1.54, 1.807) is 54.6 Å². The smallest absolute Gasteiger partial charge is 0.282 e. The van der Waals surface area contributed by atoms with Crippen LogP contribution in [0.4, 0.5) is 0 Å². The minimum atomic E-state index is -0.369. The lowest BCUT2D eigenvalue weighted by atomic mass is 10.2. The van der Waals surface area contributed by atoms with Crippen molar-refractivity contribution in [1.82, 2.24) is 9.66 Å². The molecule has 0 atom stereocenters. The van der Waals surface area contributed by atoms with Gasteiger partial charge in [-0.1, -0.05) is 23.7 Å². The Hall–Kier alpha value is -3.65. The van der Waals surface area contributed by atoms with Crippen molar-refractivity contribution in [3.63, 3.8) is 0 Å². The first-order valence-corrected chi connectivity index (χ1v) is 12.7. The Kier molecular flexibility index (Phi) is 7.02. The molecular formula is C26H15Br2ClN4O4. The van der Waals surface area contributed by atoms with E-state index in [-0.39, 0.29) is 18.0 Å². The van der Waals surface area contributed by atoms with E-state index in [0.717, 1.165) is 5.39 Å². The van der Waals surface area contributed by atoms with Crippen molar-refractivity contribution in [1.29, 1.82) is 5.26 Å². The number of methoxy groups -OCH3 is 1. The van der Waals surface area contributed by atoms with Gasteiger partial charge in [0.05, 0.1) is 28.7 Å². The third kappa shape index (κ3) is 4.73. The molecule has 11 heteroatoms. The zero-order valence-corrected chi connectivity index (χ0v) is 23.0. The fourth-order valence-electron chi connectivity index (χ4n) is 3.72. The van der Waals surface area contributed by atoms with E-state index in [4.69, 9.17) is 30.8 Å². The highest BCUT2D eigenvalue weighted by Gasteiger charge is 2.19. The summed E-state index contributed by atoms with van der Waals surface area (Å²) in [6.07, 6.45) is 1.49. The summed E-state index contributed by atoms with van der Waals surface area (Å²) < 4.78 is 19.2. The van der Waals surface area contributed by atoms with E-state index < -0.39 is 0 Å². The molecule has 2 aromatic heterocycles. The molecule has 0 amide bonds. The number of nitrogens with zero attached hydrogens (tertiary/aromatic N) is 4. The lowest BCUT2D eigenvalue weighted by Crippen LogP contribution is -2.20. The van der Waals surface area contributed by atoms with Crippen LogP contribution in [0.5, 0.6) is 11.5 Å². The number of furan rings is 1. The number of ether oxygens (including phenoxy) is 2. The van der Waals surface area contributed by atoms with Crippen LogP contribution in [0.15, 0.2) is 77.9 Å². The van der Waals surface area contributed by atoms with Crippen molar-refractivity contribution in [2.75, 3.05) is 13.7 Å². The third-order valence-electron chi connectivity index (χ3n) is 5.42. The fraction of sp³-hybridized carbons (Fsp3) is 0.0769. The maximum Gasteiger partial charge on any atom is 0.282 e. The van der Waals surface area contributed by atoms with Gasteiger partial charge in [-0.15, -0.1) is 0 Å².